The SMILES string of the molecule is CN(Cc1cccc(C#N)c1)Cc1nccn1C. The molecule has 0 aliphatic carbocycles. The molecule has 0 amide bonds. The maximum atomic E-state index is 8.86. The van der Waals surface area contributed by atoms with Crippen LogP contribution in [0.4, 0.5) is 0 Å². The molecule has 2 aromatic rings. The van der Waals surface area contributed by atoms with E-state index in [9.17, 15) is 0 Å². The number of imidazole rings is 1. The van der Waals surface area contributed by atoms with Crippen molar-refractivity contribution in [3.8, 4) is 6.07 Å². The summed E-state index contributed by atoms with van der Waals surface area (Å²) in [5.74, 6) is 1.04. The van der Waals surface area contributed by atoms with E-state index in [0.29, 0.717) is 5.56 Å². The van der Waals surface area contributed by atoms with Crippen molar-refractivity contribution in [1.29, 1.82) is 5.26 Å². The lowest BCUT2D eigenvalue weighted by molar-refractivity contribution is 0.307. The molecule has 0 fully saturated rings. The number of rotatable bonds is 4. The summed E-state index contributed by atoms with van der Waals surface area (Å²) in [4.78, 5) is 6.48. The molecule has 1 aromatic heterocycles. The van der Waals surface area contributed by atoms with Gasteiger partial charge in [0.2, 0.25) is 0 Å². The molecule has 0 radical (unpaired) electrons. The van der Waals surface area contributed by atoms with E-state index in [-0.39, 0.29) is 0 Å². The van der Waals surface area contributed by atoms with Gasteiger partial charge in [0.15, 0.2) is 0 Å². The topological polar surface area (TPSA) is 44.9 Å². The van der Waals surface area contributed by atoms with Crippen molar-refractivity contribution in [1.82, 2.24) is 14.5 Å². The van der Waals surface area contributed by atoms with Crippen LogP contribution in [-0.4, -0.2) is 21.5 Å². The second-order valence-electron chi connectivity index (χ2n) is 4.44. The lowest BCUT2D eigenvalue weighted by atomic mass is 10.1. The number of hydrogen-bond acceptors (Lipinski definition) is 3. The van der Waals surface area contributed by atoms with Gasteiger partial charge in [-0.1, -0.05) is 12.1 Å². The monoisotopic (exact) mass is 240 g/mol. The first-order chi connectivity index (χ1) is 8.69. The third-order valence-electron chi connectivity index (χ3n) is 2.84. The van der Waals surface area contributed by atoms with Gasteiger partial charge >= 0.3 is 0 Å². The molecule has 0 N–H and O–H groups in total. The number of aromatic nitrogens is 2. The summed E-state index contributed by atoms with van der Waals surface area (Å²) in [5.41, 5.74) is 1.85. The summed E-state index contributed by atoms with van der Waals surface area (Å²) in [6, 6.07) is 9.86. The lowest BCUT2D eigenvalue weighted by Crippen LogP contribution is -2.19. The second-order valence-corrected chi connectivity index (χ2v) is 4.44. The van der Waals surface area contributed by atoms with Crippen LogP contribution in [0.2, 0.25) is 0 Å². The molecule has 0 aliphatic heterocycles. The van der Waals surface area contributed by atoms with E-state index in [2.05, 4.69) is 16.0 Å². The predicted molar refractivity (Wildman–Crippen MR) is 69.5 cm³/mol. The van der Waals surface area contributed by atoms with E-state index >= 15 is 0 Å². The smallest absolute Gasteiger partial charge is 0.122 e. The molecule has 2 rings (SSSR count). The molecule has 1 heterocycles. The minimum absolute atomic E-state index is 0.706. The van der Waals surface area contributed by atoms with Crippen molar-refractivity contribution < 1.29 is 0 Å². The van der Waals surface area contributed by atoms with Gasteiger partial charge in [-0.3, -0.25) is 4.90 Å². The van der Waals surface area contributed by atoms with Gasteiger partial charge in [-0.2, -0.15) is 5.26 Å². The summed E-state index contributed by atoms with van der Waals surface area (Å²) in [6.07, 6.45) is 3.75. The highest BCUT2D eigenvalue weighted by molar-refractivity contribution is 5.32. The van der Waals surface area contributed by atoms with Crippen LogP contribution in [0.5, 0.6) is 0 Å². The fraction of sp³-hybridized carbons (Fsp3) is 0.286. The molecule has 0 atom stereocenters. The first-order valence-corrected chi connectivity index (χ1v) is 5.83. The Kier molecular flexibility index (Phi) is 3.75. The number of nitriles is 1. The highest BCUT2D eigenvalue weighted by Gasteiger charge is 2.05. The summed E-state index contributed by atoms with van der Waals surface area (Å²) < 4.78 is 2.02. The van der Waals surface area contributed by atoms with E-state index in [1.165, 1.54) is 0 Å². The minimum Gasteiger partial charge on any atom is -0.337 e. The fourth-order valence-electron chi connectivity index (χ4n) is 1.90. The molecule has 1 aromatic carbocycles. The lowest BCUT2D eigenvalue weighted by Gasteiger charge is -2.16. The third kappa shape index (κ3) is 2.96. The first-order valence-electron chi connectivity index (χ1n) is 5.83. The fourth-order valence-corrected chi connectivity index (χ4v) is 1.90. The van der Waals surface area contributed by atoms with E-state index < -0.39 is 0 Å². The standard InChI is InChI=1S/C14H16N4/c1-17(11-14-16-6-7-18(14)2)10-13-5-3-4-12(8-13)9-15/h3-8H,10-11H2,1-2H3. The molecule has 0 bridgehead atoms. The molecule has 0 saturated carbocycles. The molecule has 92 valence electrons. The molecule has 4 heteroatoms. The van der Waals surface area contributed by atoms with Crippen molar-refractivity contribution in [3.63, 3.8) is 0 Å². The Labute approximate surface area is 107 Å². The zero-order valence-electron chi connectivity index (χ0n) is 10.7. The Morgan fingerprint density at radius 1 is 1.39 bits per heavy atom. The van der Waals surface area contributed by atoms with Crippen LogP contribution in [0.3, 0.4) is 0 Å². The number of hydrogen-bond donors (Lipinski definition) is 0. The van der Waals surface area contributed by atoms with Gasteiger partial charge in [-0.05, 0) is 24.7 Å². The number of benzene rings is 1. The molecule has 18 heavy (non-hydrogen) atoms. The van der Waals surface area contributed by atoms with Gasteiger partial charge in [0, 0.05) is 26.0 Å². The Morgan fingerprint density at radius 3 is 2.89 bits per heavy atom. The Hall–Kier alpha value is -2.12. The highest BCUT2D eigenvalue weighted by Crippen LogP contribution is 2.08. The molecule has 0 unspecified atom stereocenters. The number of nitrogens with zero attached hydrogens (tertiary/aromatic N) is 4. The van der Waals surface area contributed by atoms with Gasteiger partial charge in [0.1, 0.15) is 5.82 Å². The van der Waals surface area contributed by atoms with Gasteiger partial charge in [-0.25, -0.2) is 4.98 Å². The summed E-state index contributed by atoms with van der Waals surface area (Å²) in [5, 5.41) is 8.86. The molecule has 4 nitrogen and oxygen atoms in total. The average Bonchev–Trinajstić information content (AvgIpc) is 2.75. The van der Waals surface area contributed by atoms with Crippen LogP contribution in [0.1, 0.15) is 17.0 Å². The van der Waals surface area contributed by atoms with Crippen molar-refractivity contribution in [2.24, 2.45) is 7.05 Å². The predicted octanol–water partition coefficient (Wildman–Crippen LogP) is 1.92. The van der Waals surface area contributed by atoms with Gasteiger partial charge in [-0.15, -0.1) is 0 Å². The van der Waals surface area contributed by atoms with E-state index in [1.807, 2.05) is 49.1 Å². The van der Waals surface area contributed by atoms with Gasteiger partial charge in [0.25, 0.3) is 0 Å². The number of aryl methyl sites for hydroxylation is 1. The van der Waals surface area contributed by atoms with Gasteiger partial charge < -0.3 is 4.57 Å². The van der Waals surface area contributed by atoms with E-state index in [0.717, 1.165) is 24.5 Å². The van der Waals surface area contributed by atoms with Crippen molar-refractivity contribution in [3.05, 3.63) is 53.6 Å². The Bertz CT molecular complexity index is 565. The highest BCUT2D eigenvalue weighted by atomic mass is 15.1. The summed E-state index contributed by atoms with van der Waals surface area (Å²) in [7, 11) is 4.04. The van der Waals surface area contributed by atoms with Crippen LogP contribution in [-0.2, 0) is 20.1 Å². The summed E-state index contributed by atoms with van der Waals surface area (Å²) >= 11 is 0. The second kappa shape index (κ2) is 5.48. The maximum Gasteiger partial charge on any atom is 0.122 e. The first kappa shape index (κ1) is 12.3. The van der Waals surface area contributed by atoms with Crippen LogP contribution in [0.15, 0.2) is 36.7 Å². The Morgan fingerprint density at radius 2 is 2.22 bits per heavy atom. The van der Waals surface area contributed by atoms with Crippen molar-refractivity contribution >= 4 is 0 Å². The van der Waals surface area contributed by atoms with E-state index in [1.54, 1.807) is 6.20 Å². The van der Waals surface area contributed by atoms with Crippen molar-refractivity contribution in [2.45, 2.75) is 13.1 Å². The zero-order valence-corrected chi connectivity index (χ0v) is 10.7. The largest absolute Gasteiger partial charge is 0.337 e. The zero-order chi connectivity index (χ0) is 13.0. The molecular formula is C14H16N4. The van der Waals surface area contributed by atoms with Crippen LogP contribution in [0, 0.1) is 11.3 Å². The quantitative estimate of drug-likeness (QED) is 0.820. The molecular weight excluding hydrogens is 224 g/mol. The molecule has 0 saturated heterocycles. The van der Waals surface area contributed by atoms with Gasteiger partial charge in [0.05, 0.1) is 18.2 Å². The van der Waals surface area contributed by atoms with Crippen LogP contribution >= 0.6 is 0 Å². The molecule has 0 spiro atoms. The molecule has 0 aliphatic rings. The van der Waals surface area contributed by atoms with E-state index in [4.69, 9.17) is 5.26 Å². The average molecular weight is 240 g/mol. The Balaban J connectivity index is 2.01. The normalized spacial score (nSPS) is 10.6. The van der Waals surface area contributed by atoms with Crippen LogP contribution < -0.4 is 0 Å². The minimum atomic E-state index is 0.706. The summed E-state index contributed by atoms with van der Waals surface area (Å²) in [6.45, 7) is 1.60. The third-order valence-corrected chi connectivity index (χ3v) is 2.84. The van der Waals surface area contributed by atoms with Crippen molar-refractivity contribution in [2.75, 3.05) is 7.05 Å². The van der Waals surface area contributed by atoms with Crippen LogP contribution in [0.25, 0.3) is 0 Å². The maximum absolute atomic E-state index is 8.86.